The molecule has 0 saturated carbocycles. The van der Waals surface area contributed by atoms with E-state index < -0.39 is 0 Å². The third kappa shape index (κ3) is 1.91. The smallest absolute Gasteiger partial charge is 0.125 e. The van der Waals surface area contributed by atoms with Gasteiger partial charge in [-0.25, -0.2) is 0 Å². The highest BCUT2D eigenvalue weighted by atomic mass is 15.3. The summed E-state index contributed by atoms with van der Waals surface area (Å²) in [6.45, 7) is 4.87. The fraction of sp³-hybridized carbons (Fsp3) is 0.333. The third-order valence-corrected chi connectivity index (χ3v) is 2.66. The van der Waals surface area contributed by atoms with Gasteiger partial charge in [0.1, 0.15) is 5.49 Å². The molecular formula is C12H16N4. The Balaban J connectivity index is 2.53. The van der Waals surface area contributed by atoms with Crippen LogP contribution < -0.4 is 5.49 Å². The van der Waals surface area contributed by atoms with Crippen LogP contribution in [-0.4, -0.2) is 21.3 Å². The van der Waals surface area contributed by atoms with Crippen molar-refractivity contribution >= 4 is 0 Å². The highest BCUT2D eigenvalue weighted by Crippen LogP contribution is 2.20. The lowest BCUT2D eigenvalue weighted by Gasteiger charge is -2.00. The van der Waals surface area contributed by atoms with Gasteiger partial charge in [-0.1, -0.05) is 0 Å². The summed E-state index contributed by atoms with van der Waals surface area (Å²) in [5.74, 6) is 0. The van der Waals surface area contributed by atoms with Crippen LogP contribution in [-0.2, 0) is 7.05 Å². The second kappa shape index (κ2) is 4.35. The van der Waals surface area contributed by atoms with Gasteiger partial charge in [0.25, 0.3) is 0 Å². The minimum Gasteiger partial charge on any atom is -0.347 e. The van der Waals surface area contributed by atoms with Crippen molar-refractivity contribution in [3.8, 4) is 11.1 Å². The maximum atomic E-state index is 4.35. The van der Waals surface area contributed by atoms with E-state index >= 15 is 0 Å². The summed E-state index contributed by atoms with van der Waals surface area (Å²) in [6, 6.07) is 4.09. The molecule has 2 rings (SSSR count). The zero-order chi connectivity index (χ0) is 11.5. The summed E-state index contributed by atoms with van der Waals surface area (Å²) in [6.07, 6.45) is 3.80. The van der Waals surface area contributed by atoms with E-state index in [2.05, 4.69) is 22.0 Å². The SMILES string of the molecule is CC/N=c1/cc(-c2cnn(C)c2C)cc[nH]1. The van der Waals surface area contributed by atoms with Crippen molar-refractivity contribution < 1.29 is 0 Å². The van der Waals surface area contributed by atoms with Crippen LogP contribution in [0.2, 0.25) is 0 Å². The lowest BCUT2D eigenvalue weighted by Crippen LogP contribution is -2.06. The fourth-order valence-corrected chi connectivity index (χ4v) is 1.67. The molecule has 0 unspecified atom stereocenters. The van der Waals surface area contributed by atoms with Crippen molar-refractivity contribution in [3.63, 3.8) is 0 Å². The molecule has 4 nitrogen and oxygen atoms in total. The van der Waals surface area contributed by atoms with E-state index in [9.17, 15) is 0 Å². The quantitative estimate of drug-likeness (QED) is 0.815. The lowest BCUT2D eigenvalue weighted by atomic mass is 10.1. The normalized spacial score (nSPS) is 12.1. The Hall–Kier alpha value is -1.84. The highest BCUT2D eigenvalue weighted by molar-refractivity contribution is 5.64. The largest absolute Gasteiger partial charge is 0.347 e. The molecule has 2 aromatic heterocycles. The number of nitrogens with zero attached hydrogens (tertiary/aromatic N) is 3. The number of rotatable bonds is 2. The van der Waals surface area contributed by atoms with Gasteiger partial charge in [0.15, 0.2) is 0 Å². The van der Waals surface area contributed by atoms with Gasteiger partial charge in [-0.3, -0.25) is 9.67 Å². The van der Waals surface area contributed by atoms with Crippen LogP contribution in [0.4, 0.5) is 0 Å². The summed E-state index contributed by atoms with van der Waals surface area (Å²) >= 11 is 0. The number of hydrogen-bond donors (Lipinski definition) is 1. The molecule has 0 bridgehead atoms. The van der Waals surface area contributed by atoms with Gasteiger partial charge in [-0.2, -0.15) is 5.10 Å². The molecule has 0 atom stereocenters. The maximum Gasteiger partial charge on any atom is 0.125 e. The van der Waals surface area contributed by atoms with Gasteiger partial charge in [0, 0.05) is 31.0 Å². The Morgan fingerprint density at radius 3 is 2.94 bits per heavy atom. The van der Waals surface area contributed by atoms with E-state index in [-0.39, 0.29) is 0 Å². The summed E-state index contributed by atoms with van der Waals surface area (Å²) < 4.78 is 1.88. The minimum absolute atomic E-state index is 0.784. The van der Waals surface area contributed by atoms with Gasteiger partial charge in [-0.05, 0) is 31.5 Å². The van der Waals surface area contributed by atoms with E-state index in [1.165, 1.54) is 0 Å². The number of nitrogens with one attached hydrogen (secondary N) is 1. The molecule has 0 saturated heterocycles. The molecule has 0 aliphatic rings. The van der Waals surface area contributed by atoms with Crippen LogP contribution >= 0.6 is 0 Å². The van der Waals surface area contributed by atoms with Crippen molar-refractivity contribution in [2.24, 2.45) is 12.0 Å². The van der Waals surface area contributed by atoms with Crippen LogP contribution in [0.3, 0.4) is 0 Å². The first-order valence-corrected chi connectivity index (χ1v) is 5.40. The number of H-pyrrole nitrogens is 1. The Morgan fingerprint density at radius 2 is 2.31 bits per heavy atom. The molecule has 0 spiro atoms. The van der Waals surface area contributed by atoms with E-state index in [4.69, 9.17) is 0 Å². The summed E-state index contributed by atoms with van der Waals surface area (Å²) in [5.41, 5.74) is 4.37. The molecule has 2 heterocycles. The van der Waals surface area contributed by atoms with Crippen molar-refractivity contribution in [2.75, 3.05) is 6.54 Å². The van der Waals surface area contributed by atoms with Crippen LogP contribution in [0.5, 0.6) is 0 Å². The highest BCUT2D eigenvalue weighted by Gasteiger charge is 2.05. The Labute approximate surface area is 94.7 Å². The molecule has 0 aliphatic heterocycles. The van der Waals surface area contributed by atoms with Gasteiger partial charge in [0.05, 0.1) is 6.20 Å². The minimum atomic E-state index is 0.784. The Bertz CT molecular complexity index is 548. The summed E-state index contributed by atoms with van der Waals surface area (Å²) in [7, 11) is 1.95. The van der Waals surface area contributed by atoms with Crippen molar-refractivity contribution in [1.29, 1.82) is 0 Å². The average molecular weight is 216 g/mol. The van der Waals surface area contributed by atoms with E-state index in [0.29, 0.717) is 0 Å². The Kier molecular flexibility index (Phi) is 2.90. The first-order chi connectivity index (χ1) is 7.72. The summed E-state index contributed by atoms with van der Waals surface area (Å²) in [5, 5.41) is 4.24. The first-order valence-electron chi connectivity index (χ1n) is 5.40. The van der Waals surface area contributed by atoms with Gasteiger partial charge >= 0.3 is 0 Å². The fourth-order valence-electron chi connectivity index (χ4n) is 1.67. The molecule has 16 heavy (non-hydrogen) atoms. The standard InChI is InChI=1S/C12H16N4/c1-4-13-12-7-10(5-6-14-12)11-8-15-16(3)9(11)2/h5-8H,4H2,1-3H3,(H,13,14). The average Bonchev–Trinajstić information content (AvgIpc) is 2.61. The predicted octanol–water partition coefficient (Wildman–Crippen LogP) is 1.64. The van der Waals surface area contributed by atoms with Crippen LogP contribution in [0.15, 0.2) is 29.5 Å². The number of aromatic amines is 1. The molecule has 2 aromatic rings. The van der Waals surface area contributed by atoms with E-state index in [1.54, 1.807) is 0 Å². The molecule has 0 aliphatic carbocycles. The van der Waals surface area contributed by atoms with Crippen LogP contribution in [0.1, 0.15) is 12.6 Å². The molecule has 0 aromatic carbocycles. The molecule has 1 N–H and O–H groups in total. The monoisotopic (exact) mass is 216 g/mol. The van der Waals surface area contributed by atoms with Gasteiger partial charge in [0.2, 0.25) is 0 Å². The molecule has 0 radical (unpaired) electrons. The summed E-state index contributed by atoms with van der Waals surface area (Å²) in [4.78, 5) is 7.46. The molecule has 4 heteroatoms. The molecule has 0 fully saturated rings. The second-order valence-corrected chi connectivity index (χ2v) is 3.70. The molecular weight excluding hydrogens is 200 g/mol. The first kappa shape index (κ1) is 10.7. The van der Waals surface area contributed by atoms with Crippen molar-refractivity contribution in [1.82, 2.24) is 14.8 Å². The predicted molar refractivity (Wildman–Crippen MR) is 63.8 cm³/mol. The number of aryl methyl sites for hydroxylation is 1. The maximum absolute atomic E-state index is 4.35. The number of aromatic nitrogens is 3. The zero-order valence-corrected chi connectivity index (χ0v) is 9.86. The third-order valence-electron chi connectivity index (χ3n) is 2.66. The van der Waals surface area contributed by atoms with E-state index in [0.717, 1.165) is 28.9 Å². The van der Waals surface area contributed by atoms with Crippen molar-refractivity contribution in [3.05, 3.63) is 35.7 Å². The number of hydrogen-bond acceptors (Lipinski definition) is 2. The van der Waals surface area contributed by atoms with E-state index in [1.807, 2.05) is 43.2 Å². The zero-order valence-electron chi connectivity index (χ0n) is 9.86. The van der Waals surface area contributed by atoms with Gasteiger partial charge in [-0.15, -0.1) is 0 Å². The topological polar surface area (TPSA) is 46.0 Å². The lowest BCUT2D eigenvalue weighted by molar-refractivity contribution is 0.740. The van der Waals surface area contributed by atoms with Crippen LogP contribution in [0, 0.1) is 6.92 Å². The van der Waals surface area contributed by atoms with Crippen molar-refractivity contribution in [2.45, 2.75) is 13.8 Å². The molecule has 0 amide bonds. The van der Waals surface area contributed by atoms with Crippen LogP contribution in [0.25, 0.3) is 11.1 Å². The number of pyridine rings is 1. The second-order valence-electron chi connectivity index (χ2n) is 3.70. The Morgan fingerprint density at radius 1 is 1.50 bits per heavy atom. The van der Waals surface area contributed by atoms with Gasteiger partial charge < -0.3 is 4.98 Å². The molecule has 84 valence electrons.